The van der Waals surface area contributed by atoms with Gasteiger partial charge < -0.3 is 15.0 Å². The number of carbonyl (C=O) groups excluding carboxylic acids is 2. The minimum atomic E-state index is -0.523. The zero-order valence-corrected chi connectivity index (χ0v) is 15.8. The van der Waals surface area contributed by atoms with Crippen LogP contribution in [0.2, 0.25) is 0 Å². The van der Waals surface area contributed by atoms with Gasteiger partial charge in [0.25, 0.3) is 5.88 Å². The summed E-state index contributed by atoms with van der Waals surface area (Å²) < 4.78 is 5.82. The highest BCUT2D eigenvalue weighted by Crippen LogP contribution is 2.19. The van der Waals surface area contributed by atoms with Crippen LogP contribution in [0.4, 0.5) is 0 Å². The van der Waals surface area contributed by atoms with Gasteiger partial charge in [-0.2, -0.15) is 17.0 Å². The minimum Gasteiger partial charge on any atom is -0.470 e. The maximum absolute atomic E-state index is 12.8. The Balaban J connectivity index is 2.02. The van der Waals surface area contributed by atoms with Gasteiger partial charge in [0.2, 0.25) is 17.5 Å². The number of piperidine rings is 1. The summed E-state index contributed by atoms with van der Waals surface area (Å²) in [5.74, 6) is 0.667. The van der Waals surface area contributed by atoms with Crippen LogP contribution in [0.1, 0.15) is 31.9 Å². The van der Waals surface area contributed by atoms with Crippen molar-refractivity contribution in [3.05, 3.63) is 18.1 Å². The number of hydrogen-bond donors (Lipinski definition) is 1. The molecule has 1 saturated heterocycles. The summed E-state index contributed by atoms with van der Waals surface area (Å²) in [5, 5.41) is 11.8. The second kappa shape index (κ2) is 9.97. The third kappa shape index (κ3) is 5.59. The monoisotopic (exact) mass is 377 g/mol. The number of aromatic nitrogens is 2. The number of rotatable bonds is 7. The van der Waals surface area contributed by atoms with Crippen molar-refractivity contribution < 1.29 is 14.3 Å². The Morgan fingerprint density at radius 1 is 1.50 bits per heavy atom. The summed E-state index contributed by atoms with van der Waals surface area (Å²) in [6.45, 7) is 2.44. The van der Waals surface area contributed by atoms with E-state index in [1.807, 2.05) is 12.3 Å². The lowest BCUT2D eigenvalue weighted by atomic mass is 10.1. The molecule has 2 amide bonds. The molecule has 1 aliphatic heterocycles. The van der Waals surface area contributed by atoms with E-state index in [9.17, 15) is 9.59 Å². The Morgan fingerprint density at radius 3 is 2.96 bits per heavy atom. The second-order valence-electron chi connectivity index (χ2n) is 6.02. The fraction of sp³-hybridized carbons (Fsp3) is 0.588. The Morgan fingerprint density at radius 2 is 2.27 bits per heavy atom. The van der Waals surface area contributed by atoms with Crippen molar-refractivity contribution in [2.75, 3.05) is 25.1 Å². The summed E-state index contributed by atoms with van der Waals surface area (Å²) in [6.07, 6.45) is 6.76. The highest BCUT2D eigenvalue weighted by molar-refractivity contribution is 7.98. The van der Waals surface area contributed by atoms with Gasteiger partial charge in [0.15, 0.2) is 0 Å². The molecule has 1 N–H and O–H groups in total. The topological polar surface area (TPSA) is 108 Å². The molecule has 0 bridgehead atoms. The number of ether oxygens (including phenoxy) is 1. The van der Waals surface area contributed by atoms with Gasteiger partial charge in [-0.3, -0.25) is 9.59 Å². The van der Waals surface area contributed by atoms with Gasteiger partial charge in [-0.05, 0) is 31.3 Å². The van der Waals surface area contributed by atoms with Gasteiger partial charge in [-0.15, -0.1) is 0 Å². The standard InChI is InChI=1S/C17H23N5O3S/c1-12(23)21-14(5-9-26-2)17(24)22-8-3-4-13(11-22)25-16-15(10-18)19-6-7-20-16/h6-7,13-14H,3-5,8-9,11H2,1-2H3,(H,21,23). The average Bonchev–Trinajstić information content (AvgIpc) is 2.65. The van der Waals surface area contributed by atoms with E-state index in [1.165, 1.54) is 19.3 Å². The van der Waals surface area contributed by atoms with E-state index in [1.54, 1.807) is 16.7 Å². The molecule has 1 aliphatic rings. The normalized spacial score (nSPS) is 17.9. The molecule has 1 fully saturated rings. The molecule has 8 nitrogen and oxygen atoms in total. The molecular weight excluding hydrogens is 354 g/mol. The molecule has 1 aromatic rings. The maximum atomic E-state index is 12.8. The van der Waals surface area contributed by atoms with Crippen LogP contribution in [-0.4, -0.2) is 63.9 Å². The third-order valence-corrected chi connectivity index (χ3v) is 4.67. The first-order valence-corrected chi connectivity index (χ1v) is 9.87. The SMILES string of the molecule is CSCCC(NC(C)=O)C(=O)N1CCCC(Oc2nccnc2C#N)C1. The number of thioether (sulfide) groups is 1. The van der Waals surface area contributed by atoms with Crippen molar-refractivity contribution in [1.29, 1.82) is 5.26 Å². The Bertz CT molecular complexity index is 679. The summed E-state index contributed by atoms with van der Waals surface area (Å²) in [6, 6.07) is 1.43. The minimum absolute atomic E-state index is 0.0952. The maximum Gasteiger partial charge on any atom is 0.251 e. The zero-order valence-electron chi connectivity index (χ0n) is 15.0. The van der Waals surface area contributed by atoms with Crippen LogP contribution in [0.15, 0.2) is 12.4 Å². The first-order chi connectivity index (χ1) is 12.5. The van der Waals surface area contributed by atoms with Gasteiger partial charge in [-0.1, -0.05) is 0 Å². The molecule has 9 heteroatoms. The van der Waals surface area contributed by atoms with Crippen LogP contribution in [0.25, 0.3) is 0 Å². The van der Waals surface area contributed by atoms with Crippen LogP contribution in [-0.2, 0) is 9.59 Å². The van der Waals surface area contributed by atoms with Gasteiger partial charge in [0, 0.05) is 25.9 Å². The number of likely N-dealkylation sites (tertiary alicyclic amines) is 1. The molecule has 26 heavy (non-hydrogen) atoms. The number of hydrogen-bond acceptors (Lipinski definition) is 7. The number of nitrogens with zero attached hydrogens (tertiary/aromatic N) is 4. The second-order valence-corrected chi connectivity index (χ2v) is 7.01. The van der Waals surface area contributed by atoms with Crippen LogP contribution < -0.4 is 10.1 Å². The van der Waals surface area contributed by atoms with Crippen molar-refractivity contribution in [3.63, 3.8) is 0 Å². The molecule has 140 valence electrons. The molecule has 2 unspecified atom stereocenters. The summed E-state index contributed by atoms with van der Waals surface area (Å²) in [4.78, 5) is 34.0. The van der Waals surface area contributed by atoms with Crippen molar-refractivity contribution in [2.45, 2.75) is 38.3 Å². The quantitative estimate of drug-likeness (QED) is 0.754. The van der Waals surface area contributed by atoms with Gasteiger partial charge >= 0.3 is 0 Å². The van der Waals surface area contributed by atoms with Crippen molar-refractivity contribution in [3.8, 4) is 11.9 Å². The molecule has 0 saturated carbocycles. The van der Waals surface area contributed by atoms with E-state index >= 15 is 0 Å². The molecule has 1 aromatic heterocycles. The average molecular weight is 377 g/mol. The largest absolute Gasteiger partial charge is 0.470 e. The molecule has 0 aromatic carbocycles. The Kier molecular flexibility index (Phi) is 7.66. The Hall–Kier alpha value is -2.34. The molecule has 0 radical (unpaired) electrons. The fourth-order valence-electron chi connectivity index (χ4n) is 2.84. The number of nitrogens with one attached hydrogen (secondary N) is 1. The lowest BCUT2D eigenvalue weighted by Crippen LogP contribution is -2.53. The first-order valence-electron chi connectivity index (χ1n) is 8.47. The van der Waals surface area contributed by atoms with E-state index in [0.29, 0.717) is 19.5 Å². The van der Waals surface area contributed by atoms with E-state index in [4.69, 9.17) is 10.00 Å². The van der Waals surface area contributed by atoms with Gasteiger partial charge in [0.05, 0.1) is 6.54 Å². The zero-order chi connectivity index (χ0) is 18.9. The van der Waals surface area contributed by atoms with Crippen molar-refractivity contribution in [1.82, 2.24) is 20.2 Å². The summed E-state index contributed by atoms with van der Waals surface area (Å²) in [5.41, 5.74) is 0.132. The van der Waals surface area contributed by atoms with Crippen LogP contribution >= 0.6 is 11.8 Å². The lowest BCUT2D eigenvalue weighted by molar-refractivity contribution is -0.138. The number of nitriles is 1. The van der Waals surface area contributed by atoms with E-state index in [0.717, 1.165) is 18.6 Å². The van der Waals surface area contributed by atoms with E-state index in [-0.39, 0.29) is 29.5 Å². The van der Waals surface area contributed by atoms with Crippen LogP contribution in [0.3, 0.4) is 0 Å². The highest BCUT2D eigenvalue weighted by Gasteiger charge is 2.30. The molecular formula is C17H23N5O3S. The summed E-state index contributed by atoms with van der Waals surface area (Å²) >= 11 is 1.63. The van der Waals surface area contributed by atoms with Gasteiger partial charge in [-0.25, -0.2) is 9.97 Å². The van der Waals surface area contributed by atoms with Crippen LogP contribution in [0, 0.1) is 11.3 Å². The molecule has 2 heterocycles. The van der Waals surface area contributed by atoms with Crippen molar-refractivity contribution in [2.24, 2.45) is 0 Å². The molecule has 0 aliphatic carbocycles. The Labute approximate surface area is 157 Å². The lowest BCUT2D eigenvalue weighted by Gasteiger charge is -2.34. The predicted octanol–water partition coefficient (Wildman–Crippen LogP) is 0.976. The van der Waals surface area contributed by atoms with Crippen LogP contribution in [0.5, 0.6) is 5.88 Å². The van der Waals surface area contributed by atoms with Crippen molar-refractivity contribution >= 4 is 23.6 Å². The number of amides is 2. The first kappa shape index (κ1) is 20.0. The highest BCUT2D eigenvalue weighted by atomic mass is 32.2. The molecule has 2 rings (SSSR count). The number of carbonyl (C=O) groups is 2. The van der Waals surface area contributed by atoms with Gasteiger partial charge in [0.1, 0.15) is 18.2 Å². The smallest absolute Gasteiger partial charge is 0.251 e. The third-order valence-electron chi connectivity index (χ3n) is 4.02. The summed E-state index contributed by atoms with van der Waals surface area (Å²) in [7, 11) is 0. The molecule has 2 atom stereocenters. The van der Waals surface area contributed by atoms with E-state index < -0.39 is 6.04 Å². The predicted molar refractivity (Wildman–Crippen MR) is 97.6 cm³/mol. The molecule has 0 spiro atoms. The van der Waals surface area contributed by atoms with E-state index in [2.05, 4.69) is 15.3 Å². The fourth-order valence-corrected chi connectivity index (χ4v) is 3.31.